The van der Waals surface area contributed by atoms with Crippen LogP contribution in [0.15, 0.2) is 23.1 Å². The molecule has 0 unspecified atom stereocenters. The Morgan fingerprint density at radius 1 is 1.28 bits per heavy atom. The van der Waals surface area contributed by atoms with Crippen LogP contribution in [0.4, 0.5) is 8.78 Å². The van der Waals surface area contributed by atoms with Crippen molar-refractivity contribution in [1.82, 2.24) is 4.31 Å². The van der Waals surface area contributed by atoms with E-state index in [1.54, 1.807) is 6.92 Å². The van der Waals surface area contributed by atoms with E-state index < -0.39 is 26.6 Å². The number of hydrogen-bond donors (Lipinski definition) is 1. The lowest BCUT2D eigenvalue weighted by Gasteiger charge is -2.20. The van der Waals surface area contributed by atoms with Gasteiger partial charge in [-0.15, -0.1) is 0 Å². The van der Waals surface area contributed by atoms with Crippen LogP contribution in [0.1, 0.15) is 13.3 Å². The zero-order valence-corrected chi connectivity index (χ0v) is 10.8. The molecule has 0 atom stereocenters. The van der Waals surface area contributed by atoms with Gasteiger partial charge in [0.1, 0.15) is 11.6 Å². The minimum absolute atomic E-state index is 0.0170. The van der Waals surface area contributed by atoms with E-state index in [0.717, 1.165) is 22.5 Å². The number of aliphatic hydroxyl groups is 1. The number of rotatable bonds is 6. The lowest BCUT2D eigenvalue weighted by atomic mass is 10.3. The number of hydrogen-bond acceptors (Lipinski definition) is 3. The summed E-state index contributed by atoms with van der Waals surface area (Å²) in [5, 5.41) is 8.69. The highest BCUT2D eigenvalue weighted by molar-refractivity contribution is 7.89. The first-order valence-corrected chi connectivity index (χ1v) is 6.94. The molecule has 1 N–H and O–H groups in total. The molecule has 18 heavy (non-hydrogen) atoms. The van der Waals surface area contributed by atoms with E-state index in [1.165, 1.54) is 0 Å². The summed E-state index contributed by atoms with van der Waals surface area (Å²) < 4.78 is 52.0. The van der Waals surface area contributed by atoms with Crippen LogP contribution >= 0.6 is 0 Å². The zero-order chi connectivity index (χ0) is 13.8. The number of nitrogens with zero attached hydrogens (tertiary/aromatic N) is 1. The van der Waals surface area contributed by atoms with Gasteiger partial charge in [-0.1, -0.05) is 13.0 Å². The van der Waals surface area contributed by atoms with Gasteiger partial charge < -0.3 is 5.11 Å². The summed E-state index contributed by atoms with van der Waals surface area (Å²) in [5.74, 6) is -2.23. The van der Waals surface area contributed by atoms with Gasteiger partial charge in [0, 0.05) is 19.7 Å². The summed E-state index contributed by atoms with van der Waals surface area (Å²) in [5.41, 5.74) is 0. The van der Waals surface area contributed by atoms with Crippen molar-refractivity contribution >= 4 is 10.0 Å². The summed E-state index contributed by atoms with van der Waals surface area (Å²) in [7, 11) is -4.21. The van der Waals surface area contributed by atoms with Gasteiger partial charge in [0.15, 0.2) is 4.90 Å². The summed E-state index contributed by atoms with van der Waals surface area (Å²) in [6, 6.07) is 2.90. The van der Waals surface area contributed by atoms with Crippen LogP contribution in [0.2, 0.25) is 0 Å². The largest absolute Gasteiger partial charge is 0.396 e. The van der Waals surface area contributed by atoms with Crippen LogP contribution in [0.25, 0.3) is 0 Å². The Morgan fingerprint density at radius 2 is 1.83 bits per heavy atom. The monoisotopic (exact) mass is 279 g/mol. The van der Waals surface area contributed by atoms with Gasteiger partial charge in [0.05, 0.1) is 0 Å². The number of halogens is 2. The fourth-order valence-electron chi connectivity index (χ4n) is 1.55. The highest BCUT2D eigenvalue weighted by atomic mass is 32.2. The topological polar surface area (TPSA) is 57.6 Å². The van der Waals surface area contributed by atoms with Gasteiger partial charge in [-0.2, -0.15) is 4.31 Å². The normalized spacial score (nSPS) is 12.1. The van der Waals surface area contributed by atoms with Crippen molar-refractivity contribution in [3.8, 4) is 0 Å². The Kier molecular flexibility index (Phi) is 5.18. The molecule has 0 saturated heterocycles. The first-order chi connectivity index (χ1) is 8.45. The molecular formula is C11H15F2NO3S. The van der Waals surface area contributed by atoms with Crippen LogP contribution in [-0.4, -0.2) is 37.5 Å². The van der Waals surface area contributed by atoms with Crippen LogP contribution in [0, 0.1) is 11.6 Å². The van der Waals surface area contributed by atoms with Gasteiger partial charge in [-0.05, 0) is 18.6 Å². The molecule has 0 amide bonds. The second kappa shape index (κ2) is 6.21. The predicted molar refractivity (Wildman–Crippen MR) is 62.5 cm³/mol. The molecule has 0 aliphatic heterocycles. The predicted octanol–water partition coefficient (Wildman–Crippen LogP) is 1.36. The fourth-order valence-corrected chi connectivity index (χ4v) is 3.15. The van der Waals surface area contributed by atoms with Crippen molar-refractivity contribution in [2.75, 3.05) is 19.7 Å². The molecule has 0 bridgehead atoms. The molecular weight excluding hydrogens is 264 g/mol. The van der Waals surface area contributed by atoms with E-state index >= 15 is 0 Å². The molecule has 7 heteroatoms. The van der Waals surface area contributed by atoms with Gasteiger partial charge in [0.2, 0.25) is 10.0 Å². The smallest absolute Gasteiger partial charge is 0.248 e. The van der Waals surface area contributed by atoms with Crippen LogP contribution < -0.4 is 0 Å². The Hall–Kier alpha value is -1.05. The molecule has 0 aromatic heterocycles. The molecule has 0 heterocycles. The van der Waals surface area contributed by atoms with Gasteiger partial charge in [-0.3, -0.25) is 0 Å². The molecule has 1 aromatic rings. The molecule has 4 nitrogen and oxygen atoms in total. The quantitative estimate of drug-likeness (QED) is 0.855. The average Bonchev–Trinajstić information content (AvgIpc) is 2.29. The molecule has 0 aliphatic rings. The molecule has 1 aromatic carbocycles. The Labute approximate surface area is 105 Å². The second-order valence-corrected chi connectivity index (χ2v) is 5.50. The molecule has 0 saturated carbocycles. The van der Waals surface area contributed by atoms with Crippen LogP contribution in [0.5, 0.6) is 0 Å². The molecule has 0 spiro atoms. The third-order valence-corrected chi connectivity index (χ3v) is 4.46. The van der Waals surface area contributed by atoms with Crippen molar-refractivity contribution in [2.45, 2.75) is 18.2 Å². The first-order valence-electron chi connectivity index (χ1n) is 5.50. The van der Waals surface area contributed by atoms with E-state index in [2.05, 4.69) is 0 Å². The highest BCUT2D eigenvalue weighted by Gasteiger charge is 2.29. The summed E-state index contributed by atoms with van der Waals surface area (Å²) in [6.45, 7) is 1.47. The number of sulfonamides is 1. The molecule has 1 rings (SSSR count). The van der Waals surface area contributed by atoms with Gasteiger partial charge in [0.25, 0.3) is 0 Å². The maximum absolute atomic E-state index is 13.5. The summed E-state index contributed by atoms with van der Waals surface area (Å²) in [4.78, 5) is -0.940. The van der Waals surface area contributed by atoms with E-state index in [0.29, 0.717) is 0 Å². The van der Waals surface area contributed by atoms with Gasteiger partial charge in [-0.25, -0.2) is 17.2 Å². The Bertz CT molecular complexity index is 485. The summed E-state index contributed by atoms with van der Waals surface area (Å²) in [6.07, 6.45) is 0.211. The lowest BCUT2D eigenvalue weighted by molar-refractivity contribution is 0.270. The molecule has 0 aliphatic carbocycles. The minimum Gasteiger partial charge on any atom is -0.396 e. The van der Waals surface area contributed by atoms with E-state index in [9.17, 15) is 17.2 Å². The van der Waals surface area contributed by atoms with Crippen molar-refractivity contribution in [1.29, 1.82) is 0 Å². The molecule has 102 valence electrons. The highest BCUT2D eigenvalue weighted by Crippen LogP contribution is 2.22. The first kappa shape index (κ1) is 15.0. The third-order valence-electron chi connectivity index (χ3n) is 2.44. The maximum Gasteiger partial charge on any atom is 0.248 e. The number of benzene rings is 1. The van der Waals surface area contributed by atoms with Gasteiger partial charge >= 0.3 is 0 Å². The fraction of sp³-hybridized carbons (Fsp3) is 0.455. The van der Waals surface area contributed by atoms with Crippen molar-refractivity contribution < 1.29 is 22.3 Å². The van der Waals surface area contributed by atoms with E-state index in [-0.39, 0.29) is 26.1 Å². The maximum atomic E-state index is 13.5. The van der Waals surface area contributed by atoms with E-state index in [4.69, 9.17) is 5.11 Å². The lowest BCUT2D eigenvalue weighted by Crippen LogP contribution is -2.33. The number of aliphatic hydroxyl groups excluding tert-OH is 1. The second-order valence-electron chi connectivity index (χ2n) is 3.62. The van der Waals surface area contributed by atoms with Crippen LogP contribution in [0.3, 0.4) is 0 Å². The Morgan fingerprint density at radius 3 is 2.28 bits per heavy atom. The van der Waals surface area contributed by atoms with E-state index in [1.807, 2.05) is 0 Å². The van der Waals surface area contributed by atoms with Crippen molar-refractivity contribution in [3.63, 3.8) is 0 Å². The van der Waals surface area contributed by atoms with Crippen molar-refractivity contribution in [3.05, 3.63) is 29.8 Å². The third kappa shape index (κ3) is 3.04. The molecule has 0 radical (unpaired) electrons. The average molecular weight is 279 g/mol. The molecule has 0 fully saturated rings. The standard InChI is InChI=1S/C11H15F2NO3S/c1-2-14(7-4-8-15)18(16,17)11-9(12)5-3-6-10(11)13/h3,5-6,15H,2,4,7-8H2,1H3. The Balaban J connectivity index is 3.19. The minimum atomic E-state index is -4.21. The zero-order valence-electron chi connectivity index (χ0n) is 9.94. The SMILES string of the molecule is CCN(CCCO)S(=O)(=O)c1c(F)cccc1F. The van der Waals surface area contributed by atoms with Crippen molar-refractivity contribution in [2.24, 2.45) is 0 Å². The summed E-state index contributed by atoms with van der Waals surface area (Å²) >= 11 is 0. The van der Waals surface area contributed by atoms with Crippen LogP contribution in [-0.2, 0) is 10.0 Å².